The molecular weight excluding hydrogens is 404 g/mol. The number of fused-ring (bicyclic) bond motifs is 1. The molecule has 10 heteroatoms. The van der Waals surface area contributed by atoms with E-state index >= 15 is 0 Å². The minimum absolute atomic E-state index is 0.0381. The van der Waals surface area contributed by atoms with E-state index in [0.717, 1.165) is 6.07 Å². The van der Waals surface area contributed by atoms with Gasteiger partial charge in [0.25, 0.3) is 11.6 Å². The van der Waals surface area contributed by atoms with Gasteiger partial charge < -0.3 is 14.8 Å². The van der Waals surface area contributed by atoms with Gasteiger partial charge >= 0.3 is 11.9 Å². The Bertz CT molecular complexity index is 1010. The molecule has 0 aliphatic carbocycles. The first kappa shape index (κ1) is 20.3. The molecule has 0 unspecified atom stereocenters. The first-order valence-electron chi connectivity index (χ1n) is 8.50. The Morgan fingerprint density at radius 2 is 2.03 bits per heavy atom. The van der Waals surface area contributed by atoms with Crippen LogP contribution in [-0.2, 0) is 25.5 Å². The van der Waals surface area contributed by atoms with Crippen molar-refractivity contribution in [1.82, 2.24) is 0 Å². The summed E-state index contributed by atoms with van der Waals surface area (Å²) in [6, 6.07) is 10.3. The van der Waals surface area contributed by atoms with E-state index in [9.17, 15) is 24.5 Å². The molecule has 9 nitrogen and oxygen atoms in total. The van der Waals surface area contributed by atoms with Crippen molar-refractivity contribution in [2.24, 2.45) is 0 Å². The number of amides is 1. The summed E-state index contributed by atoms with van der Waals surface area (Å²) in [7, 11) is 0. The first-order chi connectivity index (χ1) is 13.8. The lowest BCUT2D eigenvalue weighted by Crippen LogP contribution is -2.39. The molecule has 2 aromatic carbocycles. The summed E-state index contributed by atoms with van der Waals surface area (Å²) in [6.45, 7) is 1.34. The molecule has 29 heavy (non-hydrogen) atoms. The lowest BCUT2D eigenvalue weighted by atomic mass is 9.99. The molecule has 0 radical (unpaired) electrons. The number of carbonyl (C=O) groups excluding carboxylic acids is 3. The summed E-state index contributed by atoms with van der Waals surface area (Å²) in [6.07, 6.45) is -2.23. The van der Waals surface area contributed by atoms with Gasteiger partial charge in [-0.15, -0.1) is 0 Å². The Labute approximate surface area is 169 Å². The van der Waals surface area contributed by atoms with Gasteiger partial charge in [-0.1, -0.05) is 29.8 Å². The number of anilines is 1. The Hall–Kier alpha value is -3.46. The predicted molar refractivity (Wildman–Crippen MR) is 102 cm³/mol. The van der Waals surface area contributed by atoms with Crippen LogP contribution < -0.4 is 5.32 Å². The van der Waals surface area contributed by atoms with Gasteiger partial charge in [0.1, 0.15) is 0 Å². The number of benzene rings is 2. The second-order valence-corrected chi connectivity index (χ2v) is 6.65. The summed E-state index contributed by atoms with van der Waals surface area (Å²) >= 11 is 5.93. The fraction of sp³-hybridized carbons (Fsp3) is 0.211. The topological polar surface area (TPSA) is 125 Å². The highest BCUT2D eigenvalue weighted by molar-refractivity contribution is 6.34. The highest BCUT2D eigenvalue weighted by Crippen LogP contribution is 2.27. The Kier molecular flexibility index (Phi) is 5.79. The predicted octanol–water partition coefficient (Wildman–Crippen LogP) is 2.90. The average Bonchev–Trinajstić information content (AvgIpc) is 2.69. The van der Waals surface area contributed by atoms with Gasteiger partial charge in [0.05, 0.1) is 21.2 Å². The summed E-state index contributed by atoms with van der Waals surface area (Å²) in [4.78, 5) is 46.7. The van der Waals surface area contributed by atoms with E-state index in [1.165, 1.54) is 19.1 Å². The standard InChI is InChI=1S/C19H15ClN2O7/c1-10(17(23)21-15-7-6-12(22(26)27)9-14(15)20)28-19(25)16-8-11-4-2-3-5-13(11)18(24)29-16/h2-7,9-10,16H,8H2,1H3,(H,21,23)/t10-,16-/m0/s1. The van der Waals surface area contributed by atoms with Crippen molar-refractivity contribution in [2.75, 3.05) is 5.32 Å². The van der Waals surface area contributed by atoms with E-state index in [2.05, 4.69) is 5.32 Å². The zero-order valence-corrected chi connectivity index (χ0v) is 15.8. The maximum Gasteiger partial charge on any atom is 0.348 e. The number of halogens is 1. The van der Waals surface area contributed by atoms with Crippen molar-refractivity contribution in [3.05, 3.63) is 68.7 Å². The fourth-order valence-corrected chi connectivity index (χ4v) is 2.94. The first-order valence-corrected chi connectivity index (χ1v) is 8.88. The fourth-order valence-electron chi connectivity index (χ4n) is 2.72. The van der Waals surface area contributed by atoms with E-state index in [-0.39, 0.29) is 22.8 Å². The maximum absolute atomic E-state index is 12.3. The summed E-state index contributed by atoms with van der Waals surface area (Å²) in [5.41, 5.74) is 0.936. The minimum Gasteiger partial charge on any atom is -0.450 e. The molecule has 1 aliphatic rings. The zero-order valence-electron chi connectivity index (χ0n) is 15.1. The third kappa shape index (κ3) is 4.52. The Morgan fingerprint density at radius 3 is 2.72 bits per heavy atom. The number of nitro groups is 1. The molecule has 0 spiro atoms. The number of carbonyl (C=O) groups is 3. The summed E-state index contributed by atoms with van der Waals surface area (Å²) in [5.74, 6) is -2.19. The zero-order chi connectivity index (χ0) is 21.1. The van der Waals surface area contributed by atoms with Gasteiger partial charge in [-0.05, 0) is 24.6 Å². The van der Waals surface area contributed by atoms with E-state index in [1.807, 2.05) is 0 Å². The molecule has 1 aliphatic heterocycles. The van der Waals surface area contributed by atoms with Crippen LogP contribution in [0.2, 0.25) is 5.02 Å². The molecule has 0 saturated heterocycles. The quantitative estimate of drug-likeness (QED) is 0.449. The monoisotopic (exact) mass is 418 g/mol. The number of nitro benzene ring substituents is 1. The molecule has 0 aromatic heterocycles. The van der Waals surface area contributed by atoms with Gasteiger partial charge in [0.15, 0.2) is 6.10 Å². The largest absolute Gasteiger partial charge is 0.450 e. The van der Waals surface area contributed by atoms with Crippen LogP contribution >= 0.6 is 11.6 Å². The molecule has 2 atom stereocenters. The smallest absolute Gasteiger partial charge is 0.348 e. The number of ether oxygens (including phenoxy) is 2. The molecule has 1 amide bonds. The second kappa shape index (κ2) is 8.27. The van der Waals surface area contributed by atoms with Crippen molar-refractivity contribution in [2.45, 2.75) is 25.6 Å². The number of non-ortho nitro benzene ring substituents is 1. The van der Waals surface area contributed by atoms with Gasteiger partial charge in [0, 0.05) is 18.6 Å². The van der Waals surface area contributed by atoms with Gasteiger partial charge in [-0.2, -0.15) is 0 Å². The molecule has 0 fully saturated rings. The molecule has 3 rings (SSSR count). The van der Waals surface area contributed by atoms with E-state index in [1.54, 1.807) is 24.3 Å². The van der Waals surface area contributed by atoms with Crippen molar-refractivity contribution in [1.29, 1.82) is 0 Å². The van der Waals surface area contributed by atoms with Crippen LogP contribution in [0.4, 0.5) is 11.4 Å². The molecular formula is C19H15ClN2O7. The SMILES string of the molecule is C[C@H](OC(=O)[C@@H]1Cc2ccccc2C(=O)O1)C(=O)Nc1ccc([N+](=O)[O-])cc1Cl. The maximum atomic E-state index is 12.3. The average molecular weight is 419 g/mol. The number of nitrogens with one attached hydrogen (secondary N) is 1. The van der Waals surface area contributed by atoms with E-state index < -0.39 is 35.0 Å². The van der Waals surface area contributed by atoms with Crippen molar-refractivity contribution in [3.63, 3.8) is 0 Å². The molecule has 0 bridgehead atoms. The van der Waals surface area contributed by atoms with Crippen LogP contribution in [0, 0.1) is 10.1 Å². The third-order valence-corrected chi connectivity index (χ3v) is 4.55. The molecule has 0 saturated carbocycles. The van der Waals surface area contributed by atoms with Crippen molar-refractivity contribution in [3.8, 4) is 0 Å². The minimum atomic E-state index is -1.22. The lowest BCUT2D eigenvalue weighted by molar-refractivity contribution is -0.384. The molecule has 1 heterocycles. The number of hydrogen-bond donors (Lipinski definition) is 1. The van der Waals surface area contributed by atoms with Crippen LogP contribution in [0.15, 0.2) is 42.5 Å². The number of rotatable bonds is 5. The third-order valence-electron chi connectivity index (χ3n) is 4.24. The van der Waals surface area contributed by atoms with Gasteiger partial charge in [-0.3, -0.25) is 14.9 Å². The number of hydrogen-bond acceptors (Lipinski definition) is 7. The normalized spacial score (nSPS) is 16.2. The molecule has 1 N–H and O–H groups in total. The Morgan fingerprint density at radius 1 is 1.31 bits per heavy atom. The van der Waals surface area contributed by atoms with Gasteiger partial charge in [0.2, 0.25) is 6.10 Å². The highest BCUT2D eigenvalue weighted by Gasteiger charge is 2.34. The molecule has 2 aromatic rings. The highest BCUT2D eigenvalue weighted by atomic mass is 35.5. The summed E-state index contributed by atoms with van der Waals surface area (Å²) < 4.78 is 10.2. The number of cyclic esters (lactones) is 1. The van der Waals surface area contributed by atoms with Crippen LogP contribution in [0.5, 0.6) is 0 Å². The Balaban J connectivity index is 1.62. The lowest BCUT2D eigenvalue weighted by Gasteiger charge is -2.24. The van der Waals surface area contributed by atoms with Gasteiger partial charge in [-0.25, -0.2) is 9.59 Å². The van der Waals surface area contributed by atoms with E-state index in [0.29, 0.717) is 11.1 Å². The van der Waals surface area contributed by atoms with Crippen molar-refractivity contribution < 1.29 is 28.8 Å². The second-order valence-electron chi connectivity index (χ2n) is 6.24. The van der Waals surface area contributed by atoms with Crippen LogP contribution in [0.25, 0.3) is 0 Å². The summed E-state index contributed by atoms with van der Waals surface area (Å²) in [5, 5.41) is 13.1. The van der Waals surface area contributed by atoms with Crippen LogP contribution in [-0.4, -0.2) is 35.0 Å². The molecule has 150 valence electrons. The van der Waals surface area contributed by atoms with Crippen molar-refractivity contribution >= 4 is 40.8 Å². The van der Waals surface area contributed by atoms with Crippen LogP contribution in [0.1, 0.15) is 22.8 Å². The number of nitrogens with zero attached hydrogens (tertiary/aromatic N) is 1. The van der Waals surface area contributed by atoms with E-state index in [4.69, 9.17) is 21.1 Å². The van der Waals surface area contributed by atoms with Crippen LogP contribution in [0.3, 0.4) is 0 Å². The number of esters is 2.